The van der Waals surface area contributed by atoms with Gasteiger partial charge in [0.25, 0.3) is 0 Å². The number of ether oxygens (including phenoxy) is 1. The van der Waals surface area contributed by atoms with Crippen LogP contribution in [-0.4, -0.2) is 17.9 Å². The number of fused-ring (bicyclic) bond motifs is 1. The fourth-order valence-electron chi connectivity index (χ4n) is 2.24. The number of ketones is 1. The monoisotopic (exact) mass is 294 g/mol. The summed E-state index contributed by atoms with van der Waals surface area (Å²) in [7, 11) is 0. The van der Waals surface area contributed by atoms with Crippen LogP contribution in [0.1, 0.15) is 28.9 Å². The fourth-order valence-corrected chi connectivity index (χ4v) is 3.63. The molecule has 1 fully saturated rings. The largest absolute Gasteiger partial charge is 0.450 e. The molecule has 98 valence electrons. The molecule has 0 saturated heterocycles. The van der Waals surface area contributed by atoms with Crippen molar-refractivity contribution in [1.82, 2.24) is 0 Å². The van der Waals surface area contributed by atoms with Crippen LogP contribution in [0, 0.1) is 0 Å². The van der Waals surface area contributed by atoms with Crippen LogP contribution in [0.2, 0.25) is 5.02 Å². The van der Waals surface area contributed by atoms with Gasteiger partial charge < -0.3 is 4.74 Å². The SMILES string of the molecule is O=C(O[C@H]1CCCC1=O)c1sc2ccccc2c1Cl. The molecule has 1 atom stereocenters. The highest BCUT2D eigenvalue weighted by Gasteiger charge is 2.29. The third-order valence-corrected chi connectivity index (χ3v) is 4.87. The minimum Gasteiger partial charge on any atom is -0.450 e. The highest BCUT2D eigenvalue weighted by molar-refractivity contribution is 7.21. The van der Waals surface area contributed by atoms with Gasteiger partial charge in [-0.1, -0.05) is 29.8 Å². The maximum absolute atomic E-state index is 12.1. The molecule has 3 rings (SSSR count). The summed E-state index contributed by atoms with van der Waals surface area (Å²) in [5.74, 6) is -0.489. The van der Waals surface area contributed by atoms with Crippen LogP contribution in [0.3, 0.4) is 0 Å². The quantitative estimate of drug-likeness (QED) is 0.791. The highest BCUT2D eigenvalue weighted by atomic mass is 35.5. The topological polar surface area (TPSA) is 43.4 Å². The number of esters is 1. The highest BCUT2D eigenvalue weighted by Crippen LogP contribution is 2.36. The summed E-state index contributed by atoms with van der Waals surface area (Å²) < 4.78 is 6.20. The van der Waals surface area contributed by atoms with E-state index in [1.165, 1.54) is 11.3 Å². The summed E-state index contributed by atoms with van der Waals surface area (Å²) in [6, 6.07) is 7.54. The first-order valence-electron chi connectivity index (χ1n) is 6.07. The molecule has 3 nitrogen and oxygen atoms in total. The van der Waals surface area contributed by atoms with Gasteiger partial charge in [-0.05, 0) is 18.9 Å². The van der Waals surface area contributed by atoms with E-state index in [-0.39, 0.29) is 5.78 Å². The molecule has 1 aliphatic rings. The third-order valence-electron chi connectivity index (χ3n) is 3.22. The van der Waals surface area contributed by atoms with E-state index in [4.69, 9.17) is 16.3 Å². The van der Waals surface area contributed by atoms with Crippen LogP contribution >= 0.6 is 22.9 Å². The molecule has 0 aliphatic heterocycles. The van der Waals surface area contributed by atoms with E-state index < -0.39 is 12.1 Å². The van der Waals surface area contributed by atoms with Gasteiger partial charge in [0.05, 0.1) is 5.02 Å². The summed E-state index contributed by atoms with van der Waals surface area (Å²) >= 11 is 7.50. The summed E-state index contributed by atoms with van der Waals surface area (Å²) in [4.78, 5) is 24.0. The second kappa shape index (κ2) is 4.94. The van der Waals surface area contributed by atoms with E-state index in [9.17, 15) is 9.59 Å². The van der Waals surface area contributed by atoms with Crippen LogP contribution in [0.5, 0.6) is 0 Å². The molecule has 0 amide bonds. The fraction of sp³-hybridized carbons (Fsp3) is 0.286. The van der Waals surface area contributed by atoms with Gasteiger partial charge in [-0.3, -0.25) is 4.79 Å². The smallest absolute Gasteiger partial charge is 0.350 e. The number of hydrogen-bond donors (Lipinski definition) is 0. The van der Waals surface area contributed by atoms with Gasteiger partial charge in [-0.2, -0.15) is 0 Å². The molecule has 0 N–H and O–H groups in total. The van der Waals surface area contributed by atoms with Gasteiger partial charge in [-0.25, -0.2) is 4.79 Å². The molecule has 5 heteroatoms. The van der Waals surface area contributed by atoms with Crippen molar-refractivity contribution in [1.29, 1.82) is 0 Å². The van der Waals surface area contributed by atoms with Crippen molar-refractivity contribution in [3.8, 4) is 0 Å². The van der Waals surface area contributed by atoms with E-state index in [1.54, 1.807) is 0 Å². The van der Waals surface area contributed by atoms with Crippen molar-refractivity contribution in [3.63, 3.8) is 0 Å². The summed E-state index contributed by atoms with van der Waals surface area (Å²) in [5, 5.41) is 1.26. The Balaban J connectivity index is 1.89. The zero-order valence-electron chi connectivity index (χ0n) is 10.0. The van der Waals surface area contributed by atoms with Gasteiger partial charge in [0.15, 0.2) is 11.9 Å². The second-order valence-corrected chi connectivity index (χ2v) is 5.92. The van der Waals surface area contributed by atoms with E-state index in [1.807, 2.05) is 24.3 Å². The minimum atomic E-state index is -0.589. The normalized spacial score (nSPS) is 19.0. The van der Waals surface area contributed by atoms with Crippen molar-refractivity contribution in [2.75, 3.05) is 0 Å². The number of carbonyl (C=O) groups excluding carboxylic acids is 2. The summed E-state index contributed by atoms with van der Waals surface area (Å²) in [6.45, 7) is 0. The number of halogens is 1. The van der Waals surface area contributed by atoms with Crippen LogP contribution in [0.4, 0.5) is 0 Å². The lowest BCUT2D eigenvalue weighted by Crippen LogP contribution is -2.21. The van der Waals surface area contributed by atoms with Gasteiger partial charge in [-0.15, -0.1) is 11.3 Å². The van der Waals surface area contributed by atoms with Crippen molar-refractivity contribution in [3.05, 3.63) is 34.2 Å². The average molecular weight is 295 g/mol. The van der Waals surface area contributed by atoms with Gasteiger partial charge in [0.2, 0.25) is 0 Å². The first kappa shape index (κ1) is 12.6. The number of carbonyl (C=O) groups is 2. The maximum Gasteiger partial charge on any atom is 0.350 e. The molecular formula is C14H11ClO3S. The number of hydrogen-bond acceptors (Lipinski definition) is 4. The van der Waals surface area contributed by atoms with Crippen LogP contribution in [0.15, 0.2) is 24.3 Å². The Morgan fingerprint density at radius 2 is 2.16 bits per heavy atom. The van der Waals surface area contributed by atoms with Crippen molar-refractivity contribution < 1.29 is 14.3 Å². The second-order valence-electron chi connectivity index (χ2n) is 4.49. The Hall–Kier alpha value is -1.39. The van der Waals surface area contributed by atoms with Crippen LogP contribution in [-0.2, 0) is 9.53 Å². The molecule has 1 heterocycles. The predicted octanol–water partition coefficient (Wildman–Crippen LogP) is 3.83. The first-order valence-corrected chi connectivity index (χ1v) is 7.27. The lowest BCUT2D eigenvalue weighted by molar-refractivity contribution is -0.124. The zero-order chi connectivity index (χ0) is 13.4. The van der Waals surface area contributed by atoms with Crippen molar-refractivity contribution in [2.24, 2.45) is 0 Å². The minimum absolute atomic E-state index is 0.00517. The zero-order valence-corrected chi connectivity index (χ0v) is 11.6. The molecule has 1 aliphatic carbocycles. The molecule has 2 aromatic rings. The Labute approximate surface area is 119 Å². The predicted molar refractivity (Wildman–Crippen MR) is 74.9 cm³/mol. The molecular weight excluding hydrogens is 284 g/mol. The molecule has 19 heavy (non-hydrogen) atoms. The Morgan fingerprint density at radius 3 is 2.84 bits per heavy atom. The van der Waals surface area contributed by atoms with E-state index >= 15 is 0 Å². The molecule has 0 bridgehead atoms. The van der Waals surface area contributed by atoms with Crippen LogP contribution in [0.25, 0.3) is 10.1 Å². The van der Waals surface area contributed by atoms with E-state index in [0.717, 1.165) is 16.5 Å². The Kier molecular flexibility index (Phi) is 3.29. The Bertz CT molecular complexity index is 662. The summed E-state index contributed by atoms with van der Waals surface area (Å²) in [5.41, 5.74) is 0. The molecule has 1 aromatic heterocycles. The Morgan fingerprint density at radius 1 is 1.37 bits per heavy atom. The number of Topliss-reactive ketones (excluding diaryl/α,β-unsaturated/α-hetero) is 1. The van der Waals surface area contributed by atoms with E-state index in [2.05, 4.69) is 0 Å². The standard InChI is InChI=1S/C14H11ClO3S/c15-12-8-4-1-2-7-11(8)19-13(12)14(17)18-10-6-3-5-9(10)16/h1-2,4,7,10H,3,5-6H2/t10-/m0/s1. The molecule has 0 spiro atoms. The van der Waals surface area contributed by atoms with Crippen molar-refractivity contribution in [2.45, 2.75) is 25.4 Å². The average Bonchev–Trinajstić information content (AvgIpc) is 2.95. The third kappa shape index (κ3) is 2.26. The van der Waals surface area contributed by atoms with E-state index in [0.29, 0.717) is 22.7 Å². The number of rotatable bonds is 2. The lowest BCUT2D eigenvalue weighted by atomic mass is 10.2. The van der Waals surface area contributed by atoms with Gasteiger partial charge in [0.1, 0.15) is 4.88 Å². The van der Waals surface area contributed by atoms with Gasteiger partial charge in [0, 0.05) is 16.5 Å². The molecule has 1 saturated carbocycles. The number of benzene rings is 1. The maximum atomic E-state index is 12.1. The molecule has 0 unspecified atom stereocenters. The molecule has 1 aromatic carbocycles. The lowest BCUT2D eigenvalue weighted by Gasteiger charge is -2.09. The summed E-state index contributed by atoms with van der Waals surface area (Å²) in [6.07, 6.45) is 1.32. The van der Waals surface area contributed by atoms with Crippen molar-refractivity contribution >= 4 is 44.8 Å². The van der Waals surface area contributed by atoms with Gasteiger partial charge >= 0.3 is 5.97 Å². The van der Waals surface area contributed by atoms with Crippen LogP contribution < -0.4 is 0 Å². The molecule has 0 radical (unpaired) electrons. The first-order chi connectivity index (χ1) is 9.16. The number of thiophene rings is 1.